The molecule has 0 saturated heterocycles. The maximum absolute atomic E-state index is 11.9. The molecule has 0 spiro atoms. The predicted molar refractivity (Wildman–Crippen MR) is 79.3 cm³/mol. The van der Waals surface area contributed by atoms with Crippen molar-refractivity contribution in [1.29, 1.82) is 0 Å². The fourth-order valence-electron chi connectivity index (χ4n) is 1.79. The summed E-state index contributed by atoms with van der Waals surface area (Å²) in [5, 5.41) is 0. The number of esters is 1. The minimum absolute atomic E-state index is 0.275. The average molecular weight is 299 g/mol. The van der Waals surface area contributed by atoms with Gasteiger partial charge in [-0.15, -0.1) is 0 Å². The molecule has 5 nitrogen and oxygen atoms in total. The fourth-order valence-corrected chi connectivity index (χ4v) is 2.68. The molecule has 1 rings (SSSR count). The second kappa shape index (κ2) is 6.26. The summed E-state index contributed by atoms with van der Waals surface area (Å²) < 4.78 is 30.0. The zero-order valence-electron chi connectivity index (χ0n) is 12.5. The van der Waals surface area contributed by atoms with E-state index in [1.165, 1.54) is 0 Å². The topological polar surface area (TPSA) is 63.7 Å². The summed E-state index contributed by atoms with van der Waals surface area (Å²) in [4.78, 5) is 11.8. The van der Waals surface area contributed by atoms with Crippen LogP contribution in [0.5, 0.6) is 0 Å². The van der Waals surface area contributed by atoms with Crippen LogP contribution in [0.15, 0.2) is 18.2 Å². The Morgan fingerprint density at radius 3 is 2.40 bits per heavy atom. The molecule has 0 aliphatic carbocycles. The van der Waals surface area contributed by atoms with E-state index in [1.807, 2.05) is 19.1 Å². The van der Waals surface area contributed by atoms with Crippen LogP contribution in [0.3, 0.4) is 0 Å². The van der Waals surface area contributed by atoms with Crippen LogP contribution >= 0.6 is 0 Å². The lowest BCUT2D eigenvalue weighted by Crippen LogP contribution is -2.37. The molecule has 112 valence electrons. The zero-order valence-corrected chi connectivity index (χ0v) is 13.3. The van der Waals surface area contributed by atoms with E-state index < -0.39 is 16.0 Å². The summed E-state index contributed by atoms with van der Waals surface area (Å²) in [5.74, 6) is -0.564. The lowest BCUT2D eigenvalue weighted by Gasteiger charge is -2.24. The Labute approximate surface area is 120 Å². The van der Waals surface area contributed by atoms with Crippen molar-refractivity contribution in [3.63, 3.8) is 0 Å². The van der Waals surface area contributed by atoms with Crippen LogP contribution < -0.4 is 4.31 Å². The lowest BCUT2D eigenvalue weighted by molar-refractivity contribution is -0.145. The van der Waals surface area contributed by atoms with E-state index >= 15 is 0 Å². The van der Waals surface area contributed by atoms with E-state index in [1.54, 1.807) is 26.8 Å². The molecule has 0 bridgehead atoms. The lowest BCUT2D eigenvalue weighted by atomic mass is 10.1. The molecule has 1 aromatic carbocycles. The van der Waals surface area contributed by atoms with Gasteiger partial charge in [0.15, 0.2) is 0 Å². The first-order chi connectivity index (χ1) is 9.11. The standard InChI is InChI=1S/C14H21NO4S/c1-10(2)19-14(16)9-15(20(5,17)18)13-8-11(3)6-7-12(13)4/h6-8,10H,9H2,1-5H3. The zero-order chi connectivity index (χ0) is 15.5. The second-order valence-corrected chi connectivity index (χ2v) is 7.01. The molecule has 6 heteroatoms. The molecular formula is C14H21NO4S. The third kappa shape index (κ3) is 4.52. The highest BCUT2D eigenvalue weighted by molar-refractivity contribution is 7.92. The molecule has 0 heterocycles. The highest BCUT2D eigenvalue weighted by Gasteiger charge is 2.23. The summed E-state index contributed by atoms with van der Waals surface area (Å²) in [5.41, 5.74) is 2.23. The first-order valence-electron chi connectivity index (χ1n) is 6.35. The summed E-state index contributed by atoms with van der Waals surface area (Å²) in [6.07, 6.45) is 0.805. The number of hydrogen-bond donors (Lipinski definition) is 0. The SMILES string of the molecule is Cc1ccc(C)c(N(CC(=O)OC(C)C)S(C)(=O)=O)c1. The molecule has 20 heavy (non-hydrogen) atoms. The van der Waals surface area contributed by atoms with Crippen LogP contribution in [0.25, 0.3) is 0 Å². The Bertz CT molecular complexity index is 593. The smallest absolute Gasteiger partial charge is 0.327 e. The van der Waals surface area contributed by atoms with Crippen LogP contribution in [-0.4, -0.2) is 33.3 Å². The number of nitrogens with zero attached hydrogens (tertiary/aromatic N) is 1. The maximum atomic E-state index is 11.9. The third-order valence-electron chi connectivity index (χ3n) is 2.67. The Hall–Kier alpha value is -1.56. The minimum atomic E-state index is -3.56. The number of rotatable bonds is 5. The van der Waals surface area contributed by atoms with Crippen molar-refractivity contribution < 1.29 is 17.9 Å². The molecule has 0 fully saturated rings. The molecular weight excluding hydrogens is 278 g/mol. The van der Waals surface area contributed by atoms with Crippen LogP contribution in [0.4, 0.5) is 5.69 Å². The van der Waals surface area contributed by atoms with Gasteiger partial charge in [0.25, 0.3) is 0 Å². The number of ether oxygens (including phenoxy) is 1. The van der Waals surface area contributed by atoms with Gasteiger partial charge < -0.3 is 4.74 Å². The van der Waals surface area contributed by atoms with E-state index in [-0.39, 0.29) is 12.6 Å². The Kier molecular flexibility index (Phi) is 5.16. The second-order valence-electron chi connectivity index (χ2n) is 5.10. The van der Waals surface area contributed by atoms with Gasteiger partial charge in [-0.05, 0) is 44.9 Å². The number of aryl methyl sites for hydroxylation is 2. The Balaban J connectivity index is 3.14. The van der Waals surface area contributed by atoms with Crippen LogP contribution in [0.2, 0.25) is 0 Å². The van der Waals surface area contributed by atoms with E-state index in [0.717, 1.165) is 21.7 Å². The van der Waals surface area contributed by atoms with Crippen LogP contribution in [-0.2, 0) is 19.6 Å². The van der Waals surface area contributed by atoms with Gasteiger partial charge >= 0.3 is 5.97 Å². The highest BCUT2D eigenvalue weighted by atomic mass is 32.2. The van der Waals surface area contributed by atoms with E-state index in [9.17, 15) is 13.2 Å². The molecule has 0 aromatic heterocycles. The van der Waals surface area contributed by atoms with E-state index in [4.69, 9.17) is 4.74 Å². The summed E-state index contributed by atoms with van der Waals surface area (Å²) in [6, 6.07) is 5.47. The number of benzene rings is 1. The average Bonchev–Trinajstić information content (AvgIpc) is 2.27. The van der Waals surface area contributed by atoms with Gasteiger partial charge in [-0.1, -0.05) is 12.1 Å². The van der Waals surface area contributed by atoms with Crippen LogP contribution in [0, 0.1) is 13.8 Å². The van der Waals surface area contributed by atoms with Crippen molar-refractivity contribution in [2.75, 3.05) is 17.1 Å². The predicted octanol–water partition coefficient (Wildman–Crippen LogP) is 2.02. The third-order valence-corrected chi connectivity index (χ3v) is 3.80. The highest BCUT2D eigenvalue weighted by Crippen LogP contribution is 2.23. The van der Waals surface area contributed by atoms with Crippen molar-refractivity contribution >= 4 is 21.7 Å². The molecule has 0 atom stereocenters. The maximum Gasteiger partial charge on any atom is 0.327 e. The van der Waals surface area contributed by atoms with Crippen molar-refractivity contribution in [1.82, 2.24) is 0 Å². The van der Waals surface area contributed by atoms with Gasteiger partial charge in [-0.3, -0.25) is 9.10 Å². The largest absolute Gasteiger partial charge is 0.462 e. The first kappa shape index (κ1) is 16.5. The quantitative estimate of drug-likeness (QED) is 0.780. The molecule has 0 aliphatic rings. The van der Waals surface area contributed by atoms with E-state index in [2.05, 4.69) is 0 Å². The monoisotopic (exact) mass is 299 g/mol. The molecule has 0 unspecified atom stereocenters. The molecule has 1 aromatic rings. The summed E-state index contributed by atoms with van der Waals surface area (Å²) >= 11 is 0. The summed E-state index contributed by atoms with van der Waals surface area (Å²) in [6.45, 7) is 6.80. The molecule has 0 saturated carbocycles. The summed E-state index contributed by atoms with van der Waals surface area (Å²) in [7, 11) is -3.56. The van der Waals surface area contributed by atoms with Gasteiger partial charge in [0.1, 0.15) is 6.54 Å². The molecule has 0 N–H and O–H groups in total. The van der Waals surface area contributed by atoms with Gasteiger partial charge in [-0.25, -0.2) is 8.42 Å². The Morgan fingerprint density at radius 1 is 1.30 bits per heavy atom. The number of anilines is 1. The normalized spacial score (nSPS) is 11.5. The van der Waals surface area contributed by atoms with Crippen molar-refractivity contribution in [3.05, 3.63) is 29.3 Å². The van der Waals surface area contributed by atoms with E-state index in [0.29, 0.717) is 5.69 Å². The fraction of sp³-hybridized carbons (Fsp3) is 0.500. The number of carbonyl (C=O) groups is 1. The number of sulfonamides is 1. The van der Waals surface area contributed by atoms with Gasteiger partial charge in [-0.2, -0.15) is 0 Å². The Morgan fingerprint density at radius 2 is 1.90 bits per heavy atom. The molecule has 0 amide bonds. The van der Waals surface area contributed by atoms with Gasteiger partial charge in [0, 0.05) is 0 Å². The first-order valence-corrected chi connectivity index (χ1v) is 8.20. The number of carbonyl (C=O) groups excluding carboxylic acids is 1. The van der Waals surface area contributed by atoms with Gasteiger partial charge in [0.05, 0.1) is 18.0 Å². The van der Waals surface area contributed by atoms with Crippen molar-refractivity contribution in [3.8, 4) is 0 Å². The molecule has 0 radical (unpaired) electrons. The van der Waals surface area contributed by atoms with Crippen molar-refractivity contribution in [2.24, 2.45) is 0 Å². The van der Waals surface area contributed by atoms with Gasteiger partial charge in [0.2, 0.25) is 10.0 Å². The minimum Gasteiger partial charge on any atom is -0.462 e. The number of hydrogen-bond acceptors (Lipinski definition) is 4. The van der Waals surface area contributed by atoms with Crippen LogP contribution in [0.1, 0.15) is 25.0 Å². The van der Waals surface area contributed by atoms with Crippen molar-refractivity contribution in [2.45, 2.75) is 33.8 Å². The molecule has 0 aliphatic heterocycles.